The van der Waals surface area contributed by atoms with Gasteiger partial charge in [-0.25, -0.2) is 0 Å². The van der Waals surface area contributed by atoms with Gasteiger partial charge in [0, 0.05) is 32.0 Å². The van der Waals surface area contributed by atoms with Gasteiger partial charge in [-0.2, -0.15) is 23.4 Å². The van der Waals surface area contributed by atoms with Crippen LogP contribution in [0.2, 0.25) is 0 Å². The zero-order valence-electron chi connectivity index (χ0n) is 15.9. The lowest BCUT2D eigenvalue weighted by Gasteiger charge is -2.15. The highest BCUT2D eigenvalue weighted by Gasteiger charge is 2.30. The first-order valence-electron chi connectivity index (χ1n) is 9.29. The molecule has 1 N–H and O–H groups in total. The minimum Gasteiger partial charge on any atom is -0.346 e. The van der Waals surface area contributed by atoms with E-state index in [1.54, 1.807) is 24.4 Å². The number of rotatable bonds is 5. The molecule has 6 nitrogen and oxygen atoms in total. The van der Waals surface area contributed by atoms with Gasteiger partial charge in [0.15, 0.2) is 0 Å². The summed E-state index contributed by atoms with van der Waals surface area (Å²) in [6.45, 7) is 1.93. The van der Waals surface area contributed by atoms with Gasteiger partial charge in [-0.15, -0.1) is 0 Å². The summed E-state index contributed by atoms with van der Waals surface area (Å²) in [7, 11) is 0. The summed E-state index contributed by atoms with van der Waals surface area (Å²) < 4.78 is 38.1. The maximum atomic E-state index is 12.7. The summed E-state index contributed by atoms with van der Waals surface area (Å²) in [6, 6.07) is 10.5. The molecule has 0 spiro atoms. The zero-order valence-corrected chi connectivity index (χ0v) is 15.9. The number of fused-ring (bicyclic) bond motifs is 1. The summed E-state index contributed by atoms with van der Waals surface area (Å²) in [5.74, 6) is -0.253. The van der Waals surface area contributed by atoms with Gasteiger partial charge in [-0.3, -0.25) is 14.7 Å². The average molecular weight is 413 g/mol. The molecule has 3 aromatic rings. The number of pyridine rings is 1. The molecular weight excluding hydrogens is 395 g/mol. The molecule has 0 atom stereocenters. The van der Waals surface area contributed by atoms with Crippen molar-refractivity contribution in [2.45, 2.75) is 32.4 Å². The van der Waals surface area contributed by atoms with Gasteiger partial charge in [-0.1, -0.05) is 12.1 Å². The second-order valence-electron chi connectivity index (χ2n) is 7.07. The summed E-state index contributed by atoms with van der Waals surface area (Å²) in [5, 5.41) is 10.5. The van der Waals surface area contributed by atoms with Crippen LogP contribution < -0.4 is 5.32 Å². The molecule has 9 heteroatoms. The molecular formula is C21H18F3N5O. The molecule has 2 aromatic heterocycles. The molecule has 0 aliphatic carbocycles. The molecule has 1 aromatic carbocycles. The van der Waals surface area contributed by atoms with Crippen molar-refractivity contribution in [1.82, 2.24) is 25.4 Å². The predicted molar refractivity (Wildman–Crippen MR) is 102 cm³/mol. The minimum atomic E-state index is -4.34. The lowest BCUT2D eigenvalue weighted by atomic mass is 10.1. The number of hydrogen-bond acceptors (Lipinski definition) is 5. The average Bonchev–Trinajstić information content (AvgIpc) is 3.14. The van der Waals surface area contributed by atoms with Crippen LogP contribution in [0, 0.1) is 0 Å². The molecule has 3 heterocycles. The number of aromatic nitrogens is 3. The van der Waals surface area contributed by atoms with E-state index >= 15 is 0 Å². The quantitative estimate of drug-likeness (QED) is 0.695. The Hall–Kier alpha value is -3.33. The van der Waals surface area contributed by atoms with E-state index in [-0.39, 0.29) is 12.5 Å². The molecule has 1 aliphatic rings. The van der Waals surface area contributed by atoms with Crippen molar-refractivity contribution in [3.8, 4) is 0 Å². The smallest absolute Gasteiger partial charge is 0.346 e. The molecule has 154 valence electrons. The van der Waals surface area contributed by atoms with E-state index in [2.05, 4.69) is 25.4 Å². The van der Waals surface area contributed by atoms with E-state index in [1.807, 2.05) is 0 Å². The fraction of sp³-hybridized carbons (Fsp3) is 0.238. The first-order chi connectivity index (χ1) is 14.4. The van der Waals surface area contributed by atoms with E-state index in [1.165, 1.54) is 18.3 Å². The van der Waals surface area contributed by atoms with Crippen molar-refractivity contribution in [3.05, 3.63) is 88.5 Å². The highest BCUT2D eigenvalue weighted by atomic mass is 19.4. The minimum absolute atomic E-state index is 0.253. The number of nitrogens with one attached hydrogen (secondary N) is 1. The van der Waals surface area contributed by atoms with Crippen molar-refractivity contribution in [2.75, 3.05) is 0 Å². The Kier molecular flexibility index (Phi) is 5.45. The van der Waals surface area contributed by atoms with Gasteiger partial charge >= 0.3 is 6.18 Å². The van der Waals surface area contributed by atoms with Crippen LogP contribution in [0.25, 0.3) is 0 Å². The van der Waals surface area contributed by atoms with Crippen LogP contribution in [0.1, 0.15) is 38.4 Å². The SMILES string of the molecule is O=C(NCc1cccnn1)c1cnc2c(c1)CN(Cc1ccc(C(F)(F)F)cc1)C2. The maximum absolute atomic E-state index is 12.7. The molecule has 0 unspecified atom stereocenters. The number of carbonyl (C=O) groups is 1. The Morgan fingerprint density at radius 3 is 2.63 bits per heavy atom. The lowest BCUT2D eigenvalue weighted by Crippen LogP contribution is -2.23. The number of carbonyl (C=O) groups excluding carboxylic acids is 1. The fourth-order valence-electron chi connectivity index (χ4n) is 3.32. The number of nitrogens with zero attached hydrogens (tertiary/aromatic N) is 4. The molecule has 4 rings (SSSR count). The number of benzene rings is 1. The van der Waals surface area contributed by atoms with E-state index in [0.717, 1.165) is 29.0 Å². The van der Waals surface area contributed by atoms with Crippen molar-refractivity contribution < 1.29 is 18.0 Å². The normalized spacial score (nSPS) is 13.8. The third-order valence-corrected chi connectivity index (χ3v) is 4.83. The van der Waals surface area contributed by atoms with Gasteiger partial charge < -0.3 is 5.32 Å². The number of hydrogen-bond donors (Lipinski definition) is 1. The summed E-state index contributed by atoms with van der Waals surface area (Å²) in [4.78, 5) is 18.9. The standard InChI is InChI=1S/C21H18F3N5O/c22-21(23,24)17-5-3-14(4-6-17)11-29-12-16-8-15(9-25-19(16)13-29)20(30)26-10-18-2-1-7-27-28-18/h1-9H,10-13H2,(H,26,30). The van der Waals surface area contributed by atoms with Crippen LogP contribution >= 0.6 is 0 Å². The zero-order chi connectivity index (χ0) is 21.1. The monoisotopic (exact) mass is 413 g/mol. The second kappa shape index (κ2) is 8.19. The molecule has 30 heavy (non-hydrogen) atoms. The highest BCUT2D eigenvalue weighted by Crippen LogP contribution is 2.30. The topological polar surface area (TPSA) is 71.0 Å². The van der Waals surface area contributed by atoms with Crippen molar-refractivity contribution in [2.24, 2.45) is 0 Å². The van der Waals surface area contributed by atoms with E-state index in [4.69, 9.17) is 0 Å². The Balaban J connectivity index is 1.37. The van der Waals surface area contributed by atoms with Crippen molar-refractivity contribution in [3.63, 3.8) is 0 Å². The predicted octanol–water partition coefficient (Wildman–Crippen LogP) is 3.34. The Morgan fingerprint density at radius 1 is 1.13 bits per heavy atom. The van der Waals surface area contributed by atoms with Crippen molar-refractivity contribution >= 4 is 5.91 Å². The number of amides is 1. The maximum Gasteiger partial charge on any atom is 0.416 e. The molecule has 0 radical (unpaired) electrons. The largest absolute Gasteiger partial charge is 0.416 e. The molecule has 0 fully saturated rings. The van der Waals surface area contributed by atoms with E-state index < -0.39 is 11.7 Å². The molecule has 0 saturated carbocycles. The van der Waals surface area contributed by atoms with Gasteiger partial charge in [0.1, 0.15) is 0 Å². The summed E-state index contributed by atoms with van der Waals surface area (Å²) in [6.07, 6.45) is -1.24. The van der Waals surface area contributed by atoms with E-state index in [0.29, 0.717) is 30.9 Å². The van der Waals surface area contributed by atoms with Crippen LogP contribution in [-0.2, 0) is 32.4 Å². The molecule has 1 amide bonds. The number of halogens is 3. The van der Waals surface area contributed by atoms with Crippen LogP contribution in [0.4, 0.5) is 13.2 Å². The van der Waals surface area contributed by atoms with Crippen LogP contribution in [-0.4, -0.2) is 26.0 Å². The van der Waals surface area contributed by atoms with Gasteiger partial charge in [-0.05, 0) is 41.5 Å². The van der Waals surface area contributed by atoms with Crippen molar-refractivity contribution in [1.29, 1.82) is 0 Å². The molecule has 1 aliphatic heterocycles. The fourth-order valence-corrected chi connectivity index (χ4v) is 3.32. The van der Waals surface area contributed by atoms with Gasteiger partial charge in [0.05, 0.1) is 29.1 Å². The third kappa shape index (κ3) is 4.62. The Labute approximate surface area is 170 Å². The molecule has 0 bridgehead atoms. The van der Waals surface area contributed by atoms with Gasteiger partial charge in [0.2, 0.25) is 0 Å². The van der Waals surface area contributed by atoms with Crippen LogP contribution in [0.3, 0.4) is 0 Å². The lowest BCUT2D eigenvalue weighted by molar-refractivity contribution is -0.137. The summed E-state index contributed by atoms with van der Waals surface area (Å²) in [5.41, 5.74) is 3.05. The number of alkyl halides is 3. The van der Waals surface area contributed by atoms with Crippen LogP contribution in [0.5, 0.6) is 0 Å². The van der Waals surface area contributed by atoms with Crippen LogP contribution in [0.15, 0.2) is 54.9 Å². The van der Waals surface area contributed by atoms with Gasteiger partial charge in [0.25, 0.3) is 5.91 Å². The van der Waals surface area contributed by atoms with E-state index in [9.17, 15) is 18.0 Å². The second-order valence-corrected chi connectivity index (χ2v) is 7.07. The summed E-state index contributed by atoms with van der Waals surface area (Å²) >= 11 is 0. The first kappa shape index (κ1) is 20.0. The third-order valence-electron chi connectivity index (χ3n) is 4.83. The first-order valence-corrected chi connectivity index (χ1v) is 9.29. The Morgan fingerprint density at radius 2 is 1.93 bits per heavy atom. The molecule has 0 saturated heterocycles. The Bertz CT molecular complexity index is 1040. The highest BCUT2D eigenvalue weighted by molar-refractivity contribution is 5.94.